The molecule has 0 bridgehead atoms. The number of ether oxygens (including phenoxy) is 1. The lowest BCUT2D eigenvalue weighted by Crippen LogP contribution is -2.02. The molecule has 0 aliphatic heterocycles. The quantitative estimate of drug-likeness (QED) is 0.486. The van der Waals surface area contributed by atoms with Crippen molar-refractivity contribution in [2.45, 2.75) is 11.8 Å². The molecular weight excluding hydrogens is 286 g/mol. The lowest BCUT2D eigenvalue weighted by Gasteiger charge is -2.08. The number of hydrogen-bond acceptors (Lipinski definition) is 4. The Labute approximate surface area is 127 Å². The van der Waals surface area contributed by atoms with Gasteiger partial charge in [-0.1, -0.05) is 6.07 Å². The number of benzene rings is 2. The summed E-state index contributed by atoms with van der Waals surface area (Å²) in [6, 6.07) is 12.4. The summed E-state index contributed by atoms with van der Waals surface area (Å²) in [7, 11) is 0. The van der Waals surface area contributed by atoms with E-state index >= 15 is 0 Å². The molecule has 4 nitrogen and oxygen atoms in total. The Balaban J connectivity index is 1.83. The highest BCUT2D eigenvalue weighted by Gasteiger charge is 2.04. The van der Waals surface area contributed by atoms with Gasteiger partial charge in [-0.3, -0.25) is 0 Å². The van der Waals surface area contributed by atoms with E-state index in [9.17, 15) is 4.79 Å². The van der Waals surface area contributed by atoms with Crippen molar-refractivity contribution in [3.05, 3.63) is 53.6 Å². The first kappa shape index (κ1) is 15.3. The summed E-state index contributed by atoms with van der Waals surface area (Å²) >= 11 is 1.68. The van der Waals surface area contributed by atoms with E-state index < -0.39 is 5.97 Å². The van der Waals surface area contributed by atoms with Crippen LogP contribution in [0, 0.1) is 6.92 Å². The predicted molar refractivity (Wildman–Crippen MR) is 85.2 cm³/mol. The van der Waals surface area contributed by atoms with Crippen LogP contribution in [0.4, 0.5) is 5.69 Å². The summed E-state index contributed by atoms with van der Waals surface area (Å²) in [6.07, 6.45) is 0. The van der Waals surface area contributed by atoms with Crippen LogP contribution < -0.4 is 10.5 Å². The molecule has 0 amide bonds. The van der Waals surface area contributed by atoms with E-state index in [0.717, 1.165) is 21.9 Å². The number of aryl methyl sites for hydroxylation is 1. The third kappa shape index (κ3) is 4.43. The molecule has 0 aliphatic rings. The van der Waals surface area contributed by atoms with E-state index in [1.54, 1.807) is 30.0 Å². The fraction of sp³-hybridized carbons (Fsp3) is 0.188. The van der Waals surface area contributed by atoms with Gasteiger partial charge in [0.2, 0.25) is 0 Å². The zero-order valence-electron chi connectivity index (χ0n) is 11.7. The topological polar surface area (TPSA) is 72.5 Å². The van der Waals surface area contributed by atoms with E-state index in [1.165, 1.54) is 6.07 Å². The van der Waals surface area contributed by atoms with Crippen LogP contribution in [-0.4, -0.2) is 23.4 Å². The summed E-state index contributed by atoms with van der Waals surface area (Å²) in [5.74, 6) is 0.400. The molecule has 2 aromatic rings. The number of anilines is 1. The molecule has 0 heterocycles. The van der Waals surface area contributed by atoms with Gasteiger partial charge in [-0.15, -0.1) is 11.8 Å². The molecule has 5 heteroatoms. The molecule has 2 rings (SSSR count). The Morgan fingerprint density at radius 3 is 2.81 bits per heavy atom. The van der Waals surface area contributed by atoms with Gasteiger partial charge in [-0.2, -0.15) is 0 Å². The van der Waals surface area contributed by atoms with Gasteiger partial charge in [0.25, 0.3) is 0 Å². The minimum atomic E-state index is -0.952. The van der Waals surface area contributed by atoms with Crippen molar-refractivity contribution in [1.29, 1.82) is 0 Å². The number of carboxylic acid groups (broad SMARTS) is 1. The number of hydrogen-bond donors (Lipinski definition) is 2. The maximum absolute atomic E-state index is 10.9. The first-order chi connectivity index (χ1) is 10.1. The van der Waals surface area contributed by atoms with Crippen molar-refractivity contribution < 1.29 is 14.6 Å². The number of nitrogen functional groups attached to an aromatic ring is 1. The second-order valence-electron chi connectivity index (χ2n) is 4.55. The lowest BCUT2D eigenvalue weighted by molar-refractivity contribution is 0.0696. The van der Waals surface area contributed by atoms with Crippen LogP contribution >= 0.6 is 11.8 Å². The van der Waals surface area contributed by atoms with E-state index in [2.05, 4.69) is 0 Å². The van der Waals surface area contributed by atoms with Crippen LogP contribution in [0.5, 0.6) is 5.75 Å². The molecule has 0 aliphatic carbocycles. The van der Waals surface area contributed by atoms with E-state index in [-0.39, 0.29) is 5.56 Å². The molecule has 0 aromatic heterocycles. The minimum Gasteiger partial charge on any atom is -0.493 e. The monoisotopic (exact) mass is 303 g/mol. The van der Waals surface area contributed by atoms with Crippen molar-refractivity contribution in [1.82, 2.24) is 0 Å². The molecular formula is C16H17NO3S. The third-order valence-corrected chi connectivity index (χ3v) is 3.90. The molecule has 0 unspecified atom stereocenters. The Morgan fingerprint density at radius 2 is 2.10 bits per heavy atom. The summed E-state index contributed by atoms with van der Waals surface area (Å²) in [5.41, 5.74) is 7.86. The van der Waals surface area contributed by atoms with Gasteiger partial charge >= 0.3 is 5.97 Å². The molecule has 21 heavy (non-hydrogen) atoms. The van der Waals surface area contributed by atoms with Gasteiger partial charge < -0.3 is 15.6 Å². The number of nitrogens with two attached hydrogens (primary N) is 1. The molecule has 0 atom stereocenters. The largest absolute Gasteiger partial charge is 0.493 e. The molecule has 0 saturated carbocycles. The molecule has 3 N–H and O–H groups in total. The smallest absolute Gasteiger partial charge is 0.335 e. The SMILES string of the molecule is Cc1cc(SCCOc2cccc(C(=O)O)c2)ccc1N. The van der Waals surface area contributed by atoms with Crippen molar-refractivity contribution in [3.8, 4) is 5.75 Å². The van der Waals surface area contributed by atoms with Gasteiger partial charge in [-0.25, -0.2) is 4.79 Å². The summed E-state index contributed by atoms with van der Waals surface area (Å²) in [5, 5.41) is 8.91. The Kier molecular flexibility index (Phi) is 5.11. The Morgan fingerprint density at radius 1 is 1.29 bits per heavy atom. The number of carbonyl (C=O) groups is 1. The zero-order valence-corrected chi connectivity index (χ0v) is 12.5. The third-order valence-electron chi connectivity index (χ3n) is 2.94. The van der Waals surface area contributed by atoms with Crippen molar-refractivity contribution in [3.63, 3.8) is 0 Å². The first-order valence-corrected chi connectivity index (χ1v) is 7.50. The van der Waals surface area contributed by atoms with Crippen molar-refractivity contribution in [2.24, 2.45) is 0 Å². The molecule has 110 valence electrons. The maximum atomic E-state index is 10.9. The molecule has 2 aromatic carbocycles. The van der Waals surface area contributed by atoms with E-state index in [0.29, 0.717) is 12.4 Å². The molecule has 0 spiro atoms. The highest BCUT2D eigenvalue weighted by molar-refractivity contribution is 7.99. The van der Waals surface area contributed by atoms with Gasteiger partial charge in [0.1, 0.15) is 5.75 Å². The summed E-state index contributed by atoms with van der Waals surface area (Å²) < 4.78 is 5.56. The van der Waals surface area contributed by atoms with Crippen LogP contribution in [-0.2, 0) is 0 Å². The minimum absolute atomic E-state index is 0.231. The lowest BCUT2D eigenvalue weighted by atomic mass is 10.2. The van der Waals surface area contributed by atoms with E-state index in [4.69, 9.17) is 15.6 Å². The van der Waals surface area contributed by atoms with Crippen molar-refractivity contribution in [2.75, 3.05) is 18.1 Å². The van der Waals surface area contributed by atoms with Crippen LogP contribution in [0.1, 0.15) is 15.9 Å². The standard InChI is InChI=1S/C16H17NO3S/c1-11-9-14(5-6-15(11)17)21-8-7-20-13-4-2-3-12(10-13)16(18)19/h2-6,9-10H,7-8,17H2,1H3,(H,18,19). The van der Waals surface area contributed by atoms with Crippen LogP contribution in [0.15, 0.2) is 47.4 Å². The Bertz CT molecular complexity index is 643. The fourth-order valence-electron chi connectivity index (χ4n) is 1.78. The summed E-state index contributed by atoms with van der Waals surface area (Å²) in [4.78, 5) is 12.0. The van der Waals surface area contributed by atoms with Crippen LogP contribution in [0.25, 0.3) is 0 Å². The van der Waals surface area contributed by atoms with Crippen LogP contribution in [0.3, 0.4) is 0 Å². The number of rotatable bonds is 6. The second kappa shape index (κ2) is 7.04. The second-order valence-corrected chi connectivity index (χ2v) is 5.72. The average Bonchev–Trinajstić information content (AvgIpc) is 2.47. The number of aromatic carboxylic acids is 1. The van der Waals surface area contributed by atoms with Gasteiger partial charge in [0.05, 0.1) is 12.2 Å². The van der Waals surface area contributed by atoms with Crippen molar-refractivity contribution >= 4 is 23.4 Å². The zero-order chi connectivity index (χ0) is 15.2. The van der Waals surface area contributed by atoms with Crippen LogP contribution in [0.2, 0.25) is 0 Å². The highest BCUT2D eigenvalue weighted by atomic mass is 32.2. The average molecular weight is 303 g/mol. The summed E-state index contributed by atoms with van der Waals surface area (Å²) in [6.45, 7) is 2.49. The van der Waals surface area contributed by atoms with E-state index in [1.807, 2.05) is 25.1 Å². The molecule has 0 saturated heterocycles. The maximum Gasteiger partial charge on any atom is 0.335 e. The highest BCUT2D eigenvalue weighted by Crippen LogP contribution is 2.22. The number of thioether (sulfide) groups is 1. The molecule has 0 radical (unpaired) electrons. The first-order valence-electron chi connectivity index (χ1n) is 6.51. The van der Waals surface area contributed by atoms with Gasteiger partial charge in [0, 0.05) is 16.3 Å². The number of carboxylic acids is 1. The Hall–Kier alpha value is -2.14. The van der Waals surface area contributed by atoms with Gasteiger partial charge in [-0.05, 0) is 48.9 Å². The normalized spacial score (nSPS) is 10.3. The molecule has 0 fully saturated rings. The fourth-order valence-corrected chi connectivity index (χ4v) is 2.60. The van der Waals surface area contributed by atoms with Gasteiger partial charge in [0.15, 0.2) is 0 Å². The predicted octanol–water partition coefficient (Wildman–Crippen LogP) is 3.45.